The van der Waals surface area contributed by atoms with E-state index in [1.807, 2.05) is 0 Å². The van der Waals surface area contributed by atoms with E-state index < -0.39 is 24.7 Å². The number of hydrogen-bond acceptors (Lipinski definition) is 2. The summed E-state index contributed by atoms with van der Waals surface area (Å²) in [7, 11) is 0. The lowest BCUT2D eigenvalue weighted by molar-refractivity contribution is -0.139. The molecule has 0 bridgehead atoms. The number of carbonyl (C=O) groups is 2. The maximum Gasteiger partial charge on any atom is 0.406 e. The molecular formula is C12H12ClF3N2O3. The van der Waals surface area contributed by atoms with Crippen LogP contribution in [0.25, 0.3) is 0 Å². The van der Waals surface area contributed by atoms with Gasteiger partial charge in [-0.25, -0.2) is 9.59 Å². The number of aromatic carboxylic acids is 1. The lowest BCUT2D eigenvalue weighted by atomic mass is 10.2. The first-order valence-corrected chi connectivity index (χ1v) is 6.17. The van der Waals surface area contributed by atoms with E-state index in [9.17, 15) is 22.8 Å². The Kier molecular flexibility index (Phi) is 5.42. The van der Waals surface area contributed by atoms with Crippen LogP contribution in [0.3, 0.4) is 0 Å². The van der Waals surface area contributed by atoms with Crippen LogP contribution in [0, 0.1) is 0 Å². The zero-order valence-corrected chi connectivity index (χ0v) is 11.6. The summed E-state index contributed by atoms with van der Waals surface area (Å²) in [6.45, 7) is -0.187. The Morgan fingerprint density at radius 3 is 2.48 bits per heavy atom. The van der Waals surface area contributed by atoms with E-state index in [2.05, 4.69) is 5.32 Å². The Bertz CT molecular complexity index is 549. The summed E-state index contributed by atoms with van der Waals surface area (Å²) in [6.07, 6.45) is -4.53. The van der Waals surface area contributed by atoms with Gasteiger partial charge in [0.05, 0.1) is 16.3 Å². The Morgan fingerprint density at radius 1 is 1.38 bits per heavy atom. The van der Waals surface area contributed by atoms with E-state index in [-0.39, 0.29) is 22.8 Å². The summed E-state index contributed by atoms with van der Waals surface area (Å²) in [5.41, 5.74) is -0.212. The lowest BCUT2D eigenvalue weighted by Crippen LogP contribution is -2.41. The van der Waals surface area contributed by atoms with Gasteiger partial charge in [0, 0.05) is 6.54 Å². The number of benzene rings is 1. The van der Waals surface area contributed by atoms with Crippen LogP contribution in [-0.4, -0.2) is 41.3 Å². The Balaban J connectivity index is 2.91. The van der Waals surface area contributed by atoms with Crippen molar-refractivity contribution in [2.75, 3.05) is 18.4 Å². The summed E-state index contributed by atoms with van der Waals surface area (Å²) in [4.78, 5) is 23.1. The molecule has 0 saturated carbocycles. The van der Waals surface area contributed by atoms with Crippen LogP contribution >= 0.6 is 11.6 Å². The predicted molar refractivity (Wildman–Crippen MR) is 70.7 cm³/mol. The van der Waals surface area contributed by atoms with Crippen molar-refractivity contribution in [3.05, 3.63) is 28.8 Å². The minimum Gasteiger partial charge on any atom is -0.478 e. The normalized spacial score (nSPS) is 11.1. The standard InChI is InChI=1S/C12H12ClF3N2O3/c1-2-18(6-12(14,15)16)11(21)17-9-5-7(10(19)20)3-4-8(9)13/h3-5H,2,6H2,1H3,(H,17,21)(H,19,20). The minimum atomic E-state index is -4.53. The number of rotatable bonds is 4. The van der Waals surface area contributed by atoms with Gasteiger partial charge < -0.3 is 15.3 Å². The van der Waals surface area contributed by atoms with Gasteiger partial charge in [0.2, 0.25) is 0 Å². The highest BCUT2D eigenvalue weighted by molar-refractivity contribution is 6.33. The van der Waals surface area contributed by atoms with Gasteiger partial charge in [-0.3, -0.25) is 0 Å². The van der Waals surface area contributed by atoms with Gasteiger partial charge in [-0.2, -0.15) is 13.2 Å². The summed E-state index contributed by atoms with van der Waals surface area (Å²) in [5.74, 6) is -1.25. The summed E-state index contributed by atoms with van der Waals surface area (Å²) < 4.78 is 36.9. The van der Waals surface area contributed by atoms with E-state index in [0.29, 0.717) is 4.90 Å². The van der Waals surface area contributed by atoms with Crippen molar-refractivity contribution in [3.63, 3.8) is 0 Å². The zero-order valence-electron chi connectivity index (χ0n) is 10.9. The molecule has 2 N–H and O–H groups in total. The molecule has 0 fully saturated rings. The monoisotopic (exact) mass is 324 g/mol. The summed E-state index contributed by atoms with van der Waals surface area (Å²) in [5, 5.41) is 11.0. The molecule has 0 aliphatic rings. The zero-order chi connectivity index (χ0) is 16.2. The second kappa shape index (κ2) is 6.66. The number of nitrogens with one attached hydrogen (secondary N) is 1. The molecule has 0 radical (unpaired) electrons. The molecule has 0 aliphatic heterocycles. The molecular weight excluding hydrogens is 313 g/mol. The largest absolute Gasteiger partial charge is 0.478 e. The molecule has 0 aromatic heterocycles. The number of amides is 2. The third kappa shape index (κ3) is 5.14. The molecule has 0 aliphatic carbocycles. The molecule has 2 amide bonds. The van der Waals surface area contributed by atoms with Gasteiger partial charge in [-0.1, -0.05) is 11.6 Å². The van der Waals surface area contributed by atoms with Crippen LogP contribution in [0.4, 0.5) is 23.7 Å². The molecule has 0 unspecified atom stereocenters. The van der Waals surface area contributed by atoms with Crippen LogP contribution in [0.1, 0.15) is 17.3 Å². The van der Waals surface area contributed by atoms with Crippen LogP contribution in [0.5, 0.6) is 0 Å². The Hall–Kier alpha value is -1.96. The topological polar surface area (TPSA) is 69.6 Å². The van der Waals surface area contributed by atoms with E-state index in [1.165, 1.54) is 19.1 Å². The number of anilines is 1. The fourth-order valence-corrected chi connectivity index (χ4v) is 1.66. The number of hydrogen-bond donors (Lipinski definition) is 2. The van der Waals surface area contributed by atoms with E-state index in [1.54, 1.807) is 0 Å². The number of urea groups is 1. The molecule has 0 spiro atoms. The fourth-order valence-electron chi connectivity index (χ4n) is 1.49. The predicted octanol–water partition coefficient (Wildman–Crippen LogP) is 3.45. The number of alkyl halides is 3. The first-order chi connectivity index (χ1) is 9.64. The molecule has 9 heteroatoms. The fraction of sp³-hybridized carbons (Fsp3) is 0.333. The molecule has 0 atom stereocenters. The highest BCUT2D eigenvalue weighted by atomic mass is 35.5. The van der Waals surface area contributed by atoms with Crippen LogP contribution in [-0.2, 0) is 0 Å². The first kappa shape index (κ1) is 17.1. The number of nitrogens with zero attached hydrogens (tertiary/aromatic N) is 1. The molecule has 1 aromatic rings. The van der Waals surface area contributed by atoms with E-state index in [0.717, 1.165) is 6.07 Å². The van der Waals surface area contributed by atoms with Gasteiger partial charge in [0.15, 0.2) is 0 Å². The average molecular weight is 325 g/mol. The van der Waals surface area contributed by atoms with Gasteiger partial charge >= 0.3 is 18.2 Å². The summed E-state index contributed by atoms with van der Waals surface area (Å²) >= 11 is 5.78. The molecule has 21 heavy (non-hydrogen) atoms. The third-order valence-corrected chi connectivity index (χ3v) is 2.82. The third-order valence-electron chi connectivity index (χ3n) is 2.49. The van der Waals surface area contributed by atoms with Crippen molar-refractivity contribution < 1.29 is 27.9 Å². The van der Waals surface area contributed by atoms with Crippen molar-refractivity contribution in [3.8, 4) is 0 Å². The van der Waals surface area contributed by atoms with Crippen molar-refractivity contribution in [2.24, 2.45) is 0 Å². The van der Waals surface area contributed by atoms with E-state index in [4.69, 9.17) is 16.7 Å². The number of carboxylic acids is 1. The number of carboxylic acid groups (broad SMARTS) is 1. The molecule has 116 valence electrons. The molecule has 0 saturated heterocycles. The highest BCUT2D eigenvalue weighted by Gasteiger charge is 2.32. The maximum absolute atomic E-state index is 12.3. The van der Waals surface area contributed by atoms with Gasteiger partial charge in [0.25, 0.3) is 0 Å². The lowest BCUT2D eigenvalue weighted by Gasteiger charge is -2.23. The maximum atomic E-state index is 12.3. The molecule has 1 aromatic carbocycles. The molecule has 1 rings (SSSR count). The quantitative estimate of drug-likeness (QED) is 0.891. The number of halogens is 4. The Labute approximate surface area is 123 Å². The molecule has 5 nitrogen and oxygen atoms in total. The van der Waals surface area contributed by atoms with Crippen molar-refractivity contribution in [1.82, 2.24) is 4.90 Å². The average Bonchev–Trinajstić information content (AvgIpc) is 2.37. The van der Waals surface area contributed by atoms with Crippen LogP contribution in [0.15, 0.2) is 18.2 Å². The summed E-state index contributed by atoms with van der Waals surface area (Å²) in [6, 6.07) is 2.51. The second-order valence-electron chi connectivity index (χ2n) is 4.06. The van der Waals surface area contributed by atoms with Crippen LogP contribution < -0.4 is 5.32 Å². The highest BCUT2D eigenvalue weighted by Crippen LogP contribution is 2.24. The van der Waals surface area contributed by atoms with Crippen molar-refractivity contribution >= 4 is 29.3 Å². The second-order valence-corrected chi connectivity index (χ2v) is 4.47. The SMILES string of the molecule is CCN(CC(F)(F)F)C(=O)Nc1cc(C(=O)O)ccc1Cl. The minimum absolute atomic E-state index is 0.0245. The smallest absolute Gasteiger partial charge is 0.406 e. The van der Waals surface area contributed by atoms with Gasteiger partial charge in [0.1, 0.15) is 6.54 Å². The van der Waals surface area contributed by atoms with Crippen molar-refractivity contribution in [1.29, 1.82) is 0 Å². The first-order valence-electron chi connectivity index (χ1n) is 5.79. The van der Waals surface area contributed by atoms with E-state index >= 15 is 0 Å². The number of carbonyl (C=O) groups excluding carboxylic acids is 1. The van der Waals surface area contributed by atoms with Crippen molar-refractivity contribution in [2.45, 2.75) is 13.1 Å². The van der Waals surface area contributed by atoms with Crippen LogP contribution in [0.2, 0.25) is 5.02 Å². The van der Waals surface area contributed by atoms with Gasteiger partial charge in [-0.15, -0.1) is 0 Å². The van der Waals surface area contributed by atoms with Gasteiger partial charge in [-0.05, 0) is 25.1 Å². The molecule has 0 heterocycles. The Morgan fingerprint density at radius 2 is 2.00 bits per heavy atom.